The van der Waals surface area contributed by atoms with E-state index in [1.165, 1.54) is 0 Å². The van der Waals surface area contributed by atoms with E-state index < -0.39 is 12.1 Å². The first kappa shape index (κ1) is 24.2. The third-order valence-electron chi connectivity index (χ3n) is 4.63. The fourth-order valence-electron chi connectivity index (χ4n) is 2.81. The summed E-state index contributed by atoms with van der Waals surface area (Å²) >= 11 is 0. The fourth-order valence-corrected chi connectivity index (χ4v) is 2.81. The van der Waals surface area contributed by atoms with Crippen molar-refractivity contribution in [3.05, 3.63) is 28.8 Å². The van der Waals surface area contributed by atoms with E-state index in [1.807, 2.05) is 6.07 Å². The highest BCUT2D eigenvalue weighted by Gasteiger charge is 2.28. The first-order valence-corrected chi connectivity index (χ1v) is 9.06. The monoisotopic (exact) mass is 371 g/mol. The Morgan fingerprint density at radius 2 is 1.48 bits per heavy atom. The van der Waals surface area contributed by atoms with Crippen LogP contribution in [0.5, 0.6) is 5.75 Å². The van der Waals surface area contributed by atoms with Gasteiger partial charge in [0.15, 0.2) is 0 Å². The molecule has 0 aromatic heterocycles. The summed E-state index contributed by atoms with van der Waals surface area (Å²) < 4.78 is 0. The molecule has 146 valence electrons. The highest BCUT2D eigenvalue weighted by atomic mass is 35.5. The minimum atomic E-state index is -0.652. The van der Waals surface area contributed by atoms with Crippen LogP contribution in [0.15, 0.2) is 12.1 Å². The molecule has 4 heteroatoms. The van der Waals surface area contributed by atoms with E-state index >= 15 is 0 Å². The van der Waals surface area contributed by atoms with Gasteiger partial charge in [0.1, 0.15) is 5.75 Å². The van der Waals surface area contributed by atoms with Crippen LogP contribution >= 0.6 is 12.4 Å². The predicted octanol–water partition coefficient (Wildman–Crippen LogP) is 5.21. The van der Waals surface area contributed by atoms with Gasteiger partial charge < -0.3 is 15.9 Å². The summed E-state index contributed by atoms with van der Waals surface area (Å²) in [5.74, 6) is 0.748. The number of nitrogens with two attached hydrogens (primary N) is 1. The molecule has 0 bridgehead atoms. The topological polar surface area (TPSA) is 66.5 Å². The number of phenolic OH excluding ortho intramolecular Hbond substituents is 1. The molecule has 0 fully saturated rings. The molecule has 4 N–H and O–H groups in total. The van der Waals surface area contributed by atoms with Crippen LogP contribution < -0.4 is 5.73 Å². The molecule has 1 aromatic rings. The van der Waals surface area contributed by atoms with E-state index in [2.05, 4.69) is 61.5 Å². The van der Waals surface area contributed by atoms with Crippen LogP contribution in [0.25, 0.3) is 0 Å². The number of phenols is 1. The molecular formula is C21H38ClNO2. The van der Waals surface area contributed by atoms with Crippen molar-refractivity contribution in [3.8, 4) is 5.75 Å². The van der Waals surface area contributed by atoms with Gasteiger partial charge in [-0.3, -0.25) is 0 Å². The smallest absolute Gasteiger partial charge is 0.124 e. The van der Waals surface area contributed by atoms with Gasteiger partial charge in [-0.25, -0.2) is 0 Å². The quantitative estimate of drug-likeness (QED) is 0.665. The number of hydrogen-bond acceptors (Lipinski definition) is 3. The van der Waals surface area contributed by atoms with Gasteiger partial charge in [-0.2, -0.15) is 0 Å². The zero-order valence-corrected chi connectivity index (χ0v) is 18.0. The van der Waals surface area contributed by atoms with E-state index in [9.17, 15) is 10.2 Å². The van der Waals surface area contributed by atoms with Crippen molar-refractivity contribution in [2.45, 2.75) is 91.2 Å². The molecular weight excluding hydrogens is 334 g/mol. The van der Waals surface area contributed by atoms with Crippen LogP contribution in [0.1, 0.15) is 91.0 Å². The summed E-state index contributed by atoms with van der Waals surface area (Å²) in [5.41, 5.74) is 8.77. The molecule has 0 saturated heterocycles. The lowest BCUT2D eigenvalue weighted by Crippen LogP contribution is -2.28. The van der Waals surface area contributed by atoms with Gasteiger partial charge in [0.05, 0.1) is 12.1 Å². The lowest BCUT2D eigenvalue weighted by molar-refractivity contribution is 0.127. The zero-order valence-electron chi connectivity index (χ0n) is 17.2. The Bertz CT molecular complexity index is 556. The van der Waals surface area contributed by atoms with Gasteiger partial charge in [0, 0.05) is 5.56 Å². The second-order valence-electron chi connectivity index (χ2n) is 9.53. The molecule has 0 amide bonds. The van der Waals surface area contributed by atoms with E-state index in [0.29, 0.717) is 17.9 Å². The molecule has 0 aliphatic rings. The number of aliphatic hydroxyl groups is 1. The normalized spacial score (nSPS) is 15.0. The highest BCUT2D eigenvalue weighted by Crippen LogP contribution is 2.40. The minimum Gasteiger partial charge on any atom is -0.507 e. The van der Waals surface area contributed by atoms with E-state index in [1.54, 1.807) is 0 Å². The molecule has 0 heterocycles. The van der Waals surface area contributed by atoms with Gasteiger partial charge in [-0.15, -0.1) is 12.4 Å². The molecule has 0 spiro atoms. The van der Waals surface area contributed by atoms with Gasteiger partial charge in [-0.1, -0.05) is 61.5 Å². The zero-order chi connectivity index (χ0) is 18.9. The van der Waals surface area contributed by atoms with Crippen LogP contribution in [0.2, 0.25) is 0 Å². The van der Waals surface area contributed by atoms with Gasteiger partial charge >= 0.3 is 0 Å². The summed E-state index contributed by atoms with van der Waals surface area (Å²) in [6.07, 6.45) is 0.908. The molecule has 1 rings (SSSR count). The van der Waals surface area contributed by atoms with Crippen molar-refractivity contribution in [2.75, 3.05) is 0 Å². The Morgan fingerprint density at radius 3 is 1.88 bits per heavy atom. The summed E-state index contributed by atoms with van der Waals surface area (Å²) in [4.78, 5) is 0. The summed E-state index contributed by atoms with van der Waals surface area (Å²) in [5, 5.41) is 21.3. The Balaban J connectivity index is 0.00000576. The first-order valence-electron chi connectivity index (χ1n) is 9.06. The standard InChI is InChI=1S/C21H37NO2.ClH/c1-13(2)9-10-17(23)18(22)15-11-14(20(3,4)5)12-16(19(15)24)21(6,7)8;/h11-13,17-18,23-24H,9-10,22H2,1-8H3;1H/t17-,18+;/m1./s1. The van der Waals surface area contributed by atoms with E-state index in [-0.39, 0.29) is 29.0 Å². The van der Waals surface area contributed by atoms with Crippen molar-refractivity contribution in [2.24, 2.45) is 11.7 Å². The van der Waals surface area contributed by atoms with Crippen molar-refractivity contribution >= 4 is 12.4 Å². The number of benzene rings is 1. The lowest BCUT2D eigenvalue weighted by Gasteiger charge is -2.30. The lowest BCUT2D eigenvalue weighted by atomic mass is 9.77. The van der Waals surface area contributed by atoms with Crippen molar-refractivity contribution in [3.63, 3.8) is 0 Å². The third-order valence-corrected chi connectivity index (χ3v) is 4.63. The predicted molar refractivity (Wildman–Crippen MR) is 110 cm³/mol. The molecule has 0 radical (unpaired) electrons. The highest BCUT2D eigenvalue weighted by molar-refractivity contribution is 5.85. The van der Waals surface area contributed by atoms with Crippen LogP contribution in [-0.2, 0) is 10.8 Å². The molecule has 0 unspecified atom stereocenters. The Labute approximate surface area is 160 Å². The van der Waals surface area contributed by atoms with Gasteiger partial charge in [0.2, 0.25) is 0 Å². The molecule has 0 saturated carbocycles. The van der Waals surface area contributed by atoms with Gasteiger partial charge in [-0.05, 0) is 46.8 Å². The number of aliphatic hydroxyl groups excluding tert-OH is 1. The largest absolute Gasteiger partial charge is 0.507 e. The van der Waals surface area contributed by atoms with Crippen molar-refractivity contribution < 1.29 is 10.2 Å². The van der Waals surface area contributed by atoms with Crippen LogP contribution in [0.4, 0.5) is 0 Å². The molecule has 0 aliphatic heterocycles. The number of rotatable bonds is 5. The Kier molecular flexibility index (Phi) is 8.48. The molecule has 1 aromatic carbocycles. The van der Waals surface area contributed by atoms with E-state index in [0.717, 1.165) is 17.5 Å². The molecule has 3 nitrogen and oxygen atoms in total. The Hall–Kier alpha value is -0.770. The first-order chi connectivity index (χ1) is 10.7. The maximum atomic E-state index is 10.8. The van der Waals surface area contributed by atoms with E-state index in [4.69, 9.17) is 5.73 Å². The van der Waals surface area contributed by atoms with Gasteiger partial charge in [0.25, 0.3) is 0 Å². The second-order valence-corrected chi connectivity index (χ2v) is 9.53. The fraction of sp³-hybridized carbons (Fsp3) is 0.714. The average Bonchev–Trinajstić information content (AvgIpc) is 2.41. The Morgan fingerprint density at radius 1 is 0.960 bits per heavy atom. The van der Waals surface area contributed by atoms with Crippen LogP contribution in [-0.4, -0.2) is 16.3 Å². The summed E-state index contributed by atoms with van der Waals surface area (Å²) in [6, 6.07) is 3.46. The summed E-state index contributed by atoms with van der Waals surface area (Å²) in [6.45, 7) is 17.0. The SMILES string of the molecule is CC(C)CC[C@@H](O)[C@@H](N)c1cc(C(C)(C)C)cc(C(C)(C)C)c1O.Cl. The third kappa shape index (κ3) is 6.47. The average molecular weight is 372 g/mol. The maximum Gasteiger partial charge on any atom is 0.124 e. The molecule has 2 atom stereocenters. The second kappa shape index (κ2) is 8.75. The maximum absolute atomic E-state index is 10.8. The molecule has 25 heavy (non-hydrogen) atoms. The van der Waals surface area contributed by atoms with Crippen LogP contribution in [0, 0.1) is 5.92 Å². The van der Waals surface area contributed by atoms with Crippen molar-refractivity contribution in [1.82, 2.24) is 0 Å². The number of hydrogen-bond donors (Lipinski definition) is 3. The van der Waals surface area contributed by atoms with Crippen molar-refractivity contribution in [1.29, 1.82) is 0 Å². The summed E-state index contributed by atoms with van der Waals surface area (Å²) in [7, 11) is 0. The van der Waals surface area contributed by atoms with Crippen LogP contribution in [0.3, 0.4) is 0 Å². The minimum absolute atomic E-state index is 0. The number of aromatic hydroxyl groups is 1. The number of halogens is 1. The molecule has 0 aliphatic carbocycles.